The summed E-state index contributed by atoms with van der Waals surface area (Å²) in [5.74, 6) is 0. The molecule has 3 heteroatoms. The maximum Gasteiger partial charge on any atom is 0.0679 e. The Morgan fingerprint density at radius 1 is 1.08 bits per heavy atom. The summed E-state index contributed by atoms with van der Waals surface area (Å²) in [5.41, 5.74) is 0. The van der Waals surface area contributed by atoms with Gasteiger partial charge in [0.15, 0.2) is 0 Å². The molecule has 2 aliphatic rings. The summed E-state index contributed by atoms with van der Waals surface area (Å²) in [5, 5.41) is 9.31. The van der Waals surface area contributed by atoms with E-state index in [4.69, 9.17) is 0 Å². The van der Waals surface area contributed by atoms with Crippen LogP contribution in [0, 0.1) is 0 Å². The molecule has 1 atom stereocenters. The third-order valence-corrected chi connectivity index (χ3v) is 2.85. The van der Waals surface area contributed by atoms with E-state index in [0.717, 1.165) is 26.2 Å². The summed E-state index contributed by atoms with van der Waals surface area (Å²) < 4.78 is 0. The minimum Gasteiger partial charge on any atom is -0.392 e. The number of nitrogens with zero attached hydrogens (tertiary/aromatic N) is 2. The Labute approximate surface area is 74.0 Å². The zero-order valence-electron chi connectivity index (χ0n) is 7.58. The van der Waals surface area contributed by atoms with Crippen LogP contribution < -0.4 is 0 Å². The summed E-state index contributed by atoms with van der Waals surface area (Å²) in [6.45, 7) is 5.56. The quantitative estimate of drug-likeness (QED) is 0.637. The van der Waals surface area contributed by atoms with Crippen molar-refractivity contribution in [2.75, 3.05) is 32.8 Å². The molecular weight excluding hydrogens is 152 g/mol. The first kappa shape index (κ1) is 8.48. The highest BCUT2D eigenvalue weighted by atomic mass is 16.3. The van der Waals surface area contributed by atoms with Crippen LogP contribution in [-0.2, 0) is 0 Å². The lowest BCUT2D eigenvalue weighted by atomic mass is 10.3. The Morgan fingerprint density at radius 3 is 2.42 bits per heavy atom. The Bertz CT molecular complexity index is 145. The number of rotatable bonds is 2. The summed E-state index contributed by atoms with van der Waals surface area (Å²) in [6.07, 6.45) is 3.62. The molecule has 2 heterocycles. The lowest BCUT2D eigenvalue weighted by molar-refractivity contribution is 0.142. The molecule has 0 aromatic rings. The maximum atomic E-state index is 9.31. The largest absolute Gasteiger partial charge is 0.392 e. The fourth-order valence-electron chi connectivity index (χ4n) is 2.15. The van der Waals surface area contributed by atoms with Crippen molar-refractivity contribution in [2.45, 2.75) is 25.4 Å². The van der Waals surface area contributed by atoms with Crippen LogP contribution in [0.4, 0.5) is 0 Å². The number of hydrogen-bond acceptors (Lipinski definition) is 3. The molecule has 12 heavy (non-hydrogen) atoms. The van der Waals surface area contributed by atoms with Gasteiger partial charge in [-0.25, -0.2) is 0 Å². The molecule has 0 spiro atoms. The predicted molar refractivity (Wildman–Crippen MR) is 47.9 cm³/mol. The van der Waals surface area contributed by atoms with E-state index in [1.165, 1.54) is 25.9 Å². The van der Waals surface area contributed by atoms with E-state index in [1.54, 1.807) is 0 Å². The van der Waals surface area contributed by atoms with Crippen molar-refractivity contribution in [3.63, 3.8) is 0 Å². The fraction of sp³-hybridized carbons (Fsp3) is 1.00. The summed E-state index contributed by atoms with van der Waals surface area (Å²) >= 11 is 0. The third kappa shape index (κ3) is 1.97. The Morgan fingerprint density at radius 2 is 1.83 bits per heavy atom. The average molecular weight is 170 g/mol. The van der Waals surface area contributed by atoms with Crippen LogP contribution in [0.5, 0.6) is 0 Å². The minimum absolute atomic E-state index is 0.0624. The zero-order chi connectivity index (χ0) is 8.39. The van der Waals surface area contributed by atoms with E-state index in [0.29, 0.717) is 0 Å². The molecule has 0 aliphatic carbocycles. The van der Waals surface area contributed by atoms with Gasteiger partial charge >= 0.3 is 0 Å². The van der Waals surface area contributed by atoms with Crippen LogP contribution >= 0.6 is 0 Å². The van der Waals surface area contributed by atoms with Crippen LogP contribution in [0.25, 0.3) is 0 Å². The Kier molecular flexibility index (Phi) is 2.63. The Balaban J connectivity index is 1.72. The molecule has 0 radical (unpaired) electrons. The third-order valence-electron chi connectivity index (χ3n) is 2.85. The zero-order valence-corrected chi connectivity index (χ0v) is 7.58. The first-order valence-corrected chi connectivity index (χ1v) is 4.97. The fourth-order valence-corrected chi connectivity index (χ4v) is 2.15. The van der Waals surface area contributed by atoms with Crippen molar-refractivity contribution >= 4 is 0 Å². The highest BCUT2D eigenvalue weighted by molar-refractivity contribution is 4.75. The van der Waals surface area contributed by atoms with Crippen molar-refractivity contribution in [1.29, 1.82) is 0 Å². The highest BCUT2D eigenvalue weighted by Gasteiger charge is 2.22. The van der Waals surface area contributed by atoms with E-state index >= 15 is 0 Å². The van der Waals surface area contributed by atoms with E-state index in [1.807, 2.05) is 0 Å². The molecule has 2 aliphatic heterocycles. The molecule has 1 N–H and O–H groups in total. The van der Waals surface area contributed by atoms with Crippen LogP contribution in [0.1, 0.15) is 19.3 Å². The van der Waals surface area contributed by atoms with Crippen LogP contribution in [0.15, 0.2) is 0 Å². The van der Waals surface area contributed by atoms with Gasteiger partial charge in [-0.2, -0.15) is 0 Å². The number of likely N-dealkylation sites (tertiary alicyclic amines) is 2. The van der Waals surface area contributed by atoms with Gasteiger partial charge in [0, 0.05) is 13.1 Å². The standard InChI is InChI=1S/C9H18N2O/c12-9-3-6-11(7-9)8-10-4-1-2-5-10/h9,12H,1-8H2. The normalized spacial score (nSPS) is 33.2. The van der Waals surface area contributed by atoms with E-state index in [2.05, 4.69) is 9.80 Å². The van der Waals surface area contributed by atoms with Crippen LogP contribution in [0.3, 0.4) is 0 Å². The molecule has 2 saturated heterocycles. The van der Waals surface area contributed by atoms with Crippen molar-refractivity contribution in [3.8, 4) is 0 Å². The summed E-state index contributed by atoms with van der Waals surface area (Å²) in [7, 11) is 0. The van der Waals surface area contributed by atoms with Gasteiger partial charge < -0.3 is 5.11 Å². The van der Waals surface area contributed by atoms with Gasteiger partial charge in [-0.15, -0.1) is 0 Å². The smallest absolute Gasteiger partial charge is 0.0679 e. The van der Waals surface area contributed by atoms with Crippen molar-refractivity contribution in [3.05, 3.63) is 0 Å². The van der Waals surface area contributed by atoms with Gasteiger partial charge in [0.25, 0.3) is 0 Å². The van der Waals surface area contributed by atoms with E-state index < -0.39 is 0 Å². The molecular formula is C9H18N2O. The van der Waals surface area contributed by atoms with Crippen LogP contribution in [-0.4, -0.2) is 53.9 Å². The lowest BCUT2D eigenvalue weighted by Gasteiger charge is -2.22. The molecule has 0 bridgehead atoms. The van der Waals surface area contributed by atoms with Gasteiger partial charge in [-0.3, -0.25) is 9.80 Å². The number of hydrogen-bond donors (Lipinski definition) is 1. The topological polar surface area (TPSA) is 26.7 Å². The molecule has 2 fully saturated rings. The molecule has 0 aromatic carbocycles. The van der Waals surface area contributed by atoms with Crippen molar-refractivity contribution in [1.82, 2.24) is 9.80 Å². The average Bonchev–Trinajstić information content (AvgIpc) is 2.63. The minimum atomic E-state index is -0.0624. The molecule has 2 rings (SSSR count). The number of β-amino-alcohol motifs (C(OH)–C–C–N with tert-alkyl or cyclic N) is 1. The monoisotopic (exact) mass is 170 g/mol. The summed E-state index contributed by atoms with van der Waals surface area (Å²) in [4.78, 5) is 4.84. The molecule has 0 amide bonds. The second-order valence-corrected chi connectivity index (χ2v) is 3.99. The lowest BCUT2D eigenvalue weighted by Crippen LogP contribution is -2.35. The molecule has 3 nitrogen and oxygen atoms in total. The van der Waals surface area contributed by atoms with Gasteiger partial charge in [0.05, 0.1) is 12.8 Å². The summed E-state index contributed by atoms with van der Waals surface area (Å²) in [6, 6.07) is 0. The first-order valence-electron chi connectivity index (χ1n) is 4.97. The van der Waals surface area contributed by atoms with Crippen molar-refractivity contribution < 1.29 is 5.11 Å². The van der Waals surface area contributed by atoms with E-state index in [-0.39, 0.29) is 6.10 Å². The number of aliphatic hydroxyl groups excluding tert-OH is 1. The predicted octanol–water partition coefficient (Wildman–Crippen LogP) is 0.106. The van der Waals surface area contributed by atoms with Gasteiger partial charge in [-0.05, 0) is 32.4 Å². The second kappa shape index (κ2) is 3.73. The molecule has 70 valence electrons. The van der Waals surface area contributed by atoms with Crippen molar-refractivity contribution in [2.24, 2.45) is 0 Å². The maximum absolute atomic E-state index is 9.31. The first-order chi connectivity index (χ1) is 5.84. The second-order valence-electron chi connectivity index (χ2n) is 3.99. The highest BCUT2D eigenvalue weighted by Crippen LogP contribution is 2.12. The Hall–Kier alpha value is -0.120. The van der Waals surface area contributed by atoms with Gasteiger partial charge in [0.1, 0.15) is 0 Å². The SMILES string of the molecule is OC1CCN(CN2CCCC2)C1. The molecule has 1 unspecified atom stereocenters. The molecule has 0 saturated carbocycles. The van der Waals surface area contributed by atoms with E-state index in [9.17, 15) is 5.11 Å². The number of aliphatic hydroxyl groups is 1. The van der Waals surface area contributed by atoms with Gasteiger partial charge in [-0.1, -0.05) is 0 Å². The van der Waals surface area contributed by atoms with Crippen LogP contribution in [0.2, 0.25) is 0 Å². The van der Waals surface area contributed by atoms with Gasteiger partial charge in [0.2, 0.25) is 0 Å². The molecule has 0 aromatic heterocycles.